The van der Waals surface area contributed by atoms with Crippen molar-refractivity contribution in [1.29, 1.82) is 0 Å². The van der Waals surface area contributed by atoms with Gasteiger partial charge in [-0.15, -0.1) is 0 Å². The maximum Gasteiger partial charge on any atom is 0.409 e. The molecule has 0 radical (unpaired) electrons. The van der Waals surface area contributed by atoms with Crippen molar-refractivity contribution in [2.75, 3.05) is 27.2 Å². The number of phenols is 1. The van der Waals surface area contributed by atoms with Gasteiger partial charge in [0.05, 0.1) is 16.9 Å². The number of hydrogen-bond acceptors (Lipinski definition) is 7. The zero-order valence-corrected chi connectivity index (χ0v) is 18.7. The van der Waals surface area contributed by atoms with Gasteiger partial charge in [-0.05, 0) is 42.8 Å². The molecule has 0 aliphatic rings. The van der Waals surface area contributed by atoms with Gasteiger partial charge in [0.15, 0.2) is 5.78 Å². The van der Waals surface area contributed by atoms with Crippen molar-refractivity contribution in [3.63, 3.8) is 0 Å². The fourth-order valence-electron chi connectivity index (χ4n) is 2.68. The van der Waals surface area contributed by atoms with Crippen LogP contribution in [0.4, 0.5) is 16.2 Å². The van der Waals surface area contributed by atoms with Crippen LogP contribution < -0.4 is 0 Å². The van der Waals surface area contributed by atoms with Crippen LogP contribution in [0.25, 0.3) is 0 Å². The Bertz CT molecular complexity index is 988. The first kappa shape index (κ1) is 24.5. The second kappa shape index (κ2) is 11.6. The number of benzene rings is 2. The first-order valence-corrected chi connectivity index (χ1v) is 10.2. The summed E-state index contributed by atoms with van der Waals surface area (Å²) in [5.41, 5.74) is 2.00. The molecule has 170 valence electrons. The van der Waals surface area contributed by atoms with E-state index in [1.54, 1.807) is 56.3 Å². The number of carbonyl (C=O) groups is 3. The molecule has 0 fully saturated rings. The van der Waals surface area contributed by atoms with E-state index >= 15 is 0 Å². The van der Waals surface area contributed by atoms with Crippen molar-refractivity contribution in [2.45, 2.75) is 26.9 Å². The van der Waals surface area contributed by atoms with E-state index in [0.29, 0.717) is 30.9 Å². The molecule has 0 spiro atoms. The van der Waals surface area contributed by atoms with Crippen LogP contribution in [0.3, 0.4) is 0 Å². The lowest BCUT2D eigenvalue weighted by molar-refractivity contribution is -0.129. The molecule has 0 bridgehead atoms. The summed E-state index contributed by atoms with van der Waals surface area (Å²) in [4.78, 5) is 38.2. The predicted molar refractivity (Wildman–Crippen MR) is 119 cm³/mol. The van der Waals surface area contributed by atoms with Crippen LogP contribution in [0.1, 0.15) is 36.2 Å². The highest BCUT2D eigenvalue weighted by atomic mass is 16.6. The highest BCUT2D eigenvalue weighted by Crippen LogP contribution is 2.25. The topological polar surface area (TPSA) is 112 Å². The van der Waals surface area contributed by atoms with Crippen LogP contribution in [-0.2, 0) is 16.1 Å². The van der Waals surface area contributed by atoms with Crippen molar-refractivity contribution >= 4 is 29.2 Å². The lowest BCUT2D eigenvalue weighted by Crippen LogP contribution is -2.37. The van der Waals surface area contributed by atoms with Crippen LogP contribution in [0.5, 0.6) is 5.75 Å². The summed E-state index contributed by atoms with van der Waals surface area (Å²) in [6.45, 7) is 4.08. The van der Waals surface area contributed by atoms with Gasteiger partial charge in [0.2, 0.25) is 5.91 Å². The minimum absolute atomic E-state index is 0.0220. The number of amides is 2. The summed E-state index contributed by atoms with van der Waals surface area (Å²) >= 11 is 0. The van der Waals surface area contributed by atoms with Crippen molar-refractivity contribution in [1.82, 2.24) is 9.80 Å². The van der Waals surface area contributed by atoms with Gasteiger partial charge in [0, 0.05) is 33.6 Å². The zero-order valence-electron chi connectivity index (χ0n) is 18.7. The minimum Gasteiger partial charge on any atom is -0.507 e. The number of rotatable bonds is 9. The second-order valence-corrected chi connectivity index (χ2v) is 7.27. The lowest BCUT2D eigenvalue weighted by atomic mass is 10.1. The van der Waals surface area contributed by atoms with E-state index in [1.165, 1.54) is 24.0 Å². The monoisotopic (exact) mass is 440 g/mol. The Kier molecular flexibility index (Phi) is 8.88. The number of hydrogen-bond donors (Lipinski definition) is 1. The second-order valence-electron chi connectivity index (χ2n) is 7.27. The third-order valence-corrected chi connectivity index (χ3v) is 4.75. The molecule has 0 aliphatic carbocycles. The third-order valence-electron chi connectivity index (χ3n) is 4.75. The van der Waals surface area contributed by atoms with Crippen molar-refractivity contribution in [2.24, 2.45) is 10.2 Å². The zero-order chi connectivity index (χ0) is 23.7. The van der Waals surface area contributed by atoms with Crippen LogP contribution in [0, 0.1) is 0 Å². The van der Waals surface area contributed by atoms with Gasteiger partial charge >= 0.3 is 6.09 Å². The highest BCUT2D eigenvalue weighted by Gasteiger charge is 2.13. The summed E-state index contributed by atoms with van der Waals surface area (Å²) in [5, 5.41) is 17.9. The molecule has 9 heteroatoms. The molecule has 2 aromatic rings. The van der Waals surface area contributed by atoms with E-state index in [9.17, 15) is 19.5 Å². The van der Waals surface area contributed by atoms with Crippen molar-refractivity contribution in [3.8, 4) is 5.75 Å². The maximum atomic E-state index is 12.1. The molecule has 0 aliphatic heterocycles. The summed E-state index contributed by atoms with van der Waals surface area (Å²) in [6, 6.07) is 11.4. The number of ketones is 1. The Balaban J connectivity index is 1.87. The number of phenolic OH excluding ortho intramolecular Hbond substituents is 1. The van der Waals surface area contributed by atoms with Gasteiger partial charge in [-0.2, -0.15) is 10.2 Å². The SMILES string of the molecule is CCC(=O)N(C)CCN(C)C(=O)OCc1ccc(N=Nc2ccc(O)c(C(C)=O)c2)cc1. The van der Waals surface area contributed by atoms with E-state index in [4.69, 9.17) is 4.74 Å². The standard InChI is InChI=1S/C23H28N4O5/c1-5-22(30)26(3)12-13-27(4)23(31)32-15-17-6-8-18(9-7-17)24-25-19-10-11-21(29)20(14-19)16(2)28/h6-11,14,29H,5,12-13,15H2,1-4H3. The predicted octanol–water partition coefficient (Wildman–Crippen LogP) is 4.45. The molecule has 0 heterocycles. The quantitative estimate of drug-likeness (QED) is 0.457. The molecule has 32 heavy (non-hydrogen) atoms. The van der Waals surface area contributed by atoms with Crippen molar-refractivity contribution in [3.05, 3.63) is 53.6 Å². The molecule has 1 N–H and O–H groups in total. The summed E-state index contributed by atoms with van der Waals surface area (Å²) in [5.74, 6) is -0.332. The normalized spacial score (nSPS) is 10.8. The van der Waals surface area contributed by atoms with Crippen LogP contribution in [-0.4, -0.2) is 59.9 Å². The number of Topliss-reactive ketones (excluding diaryl/α,β-unsaturated/α-hetero) is 1. The molecule has 2 amide bonds. The number of carbonyl (C=O) groups excluding carboxylic acids is 3. The summed E-state index contributed by atoms with van der Waals surface area (Å²) in [6.07, 6.45) is -0.0473. The molecule has 9 nitrogen and oxygen atoms in total. The minimum atomic E-state index is -0.472. The van der Waals surface area contributed by atoms with Gasteiger partial charge in [0.1, 0.15) is 12.4 Å². The largest absolute Gasteiger partial charge is 0.507 e. The third kappa shape index (κ3) is 7.19. The number of azo groups is 1. The first-order chi connectivity index (χ1) is 15.2. The Morgan fingerprint density at radius 3 is 2.16 bits per heavy atom. The smallest absolute Gasteiger partial charge is 0.409 e. The lowest BCUT2D eigenvalue weighted by Gasteiger charge is -2.21. The van der Waals surface area contributed by atoms with E-state index in [2.05, 4.69) is 10.2 Å². The first-order valence-electron chi connectivity index (χ1n) is 10.2. The Hall–Kier alpha value is -3.75. The molecular weight excluding hydrogens is 412 g/mol. The van der Waals surface area contributed by atoms with Crippen LogP contribution >= 0.6 is 0 Å². The molecule has 0 unspecified atom stereocenters. The number of nitrogens with zero attached hydrogens (tertiary/aromatic N) is 4. The fourth-order valence-corrected chi connectivity index (χ4v) is 2.68. The van der Waals surface area contributed by atoms with Crippen LogP contribution in [0.15, 0.2) is 52.7 Å². The Morgan fingerprint density at radius 2 is 1.53 bits per heavy atom. The van der Waals surface area contributed by atoms with E-state index < -0.39 is 6.09 Å². The molecule has 0 saturated carbocycles. The number of ether oxygens (including phenoxy) is 1. The average Bonchev–Trinajstić information content (AvgIpc) is 2.79. The van der Waals surface area contributed by atoms with Gasteiger partial charge < -0.3 is 19.6 Å². The molecule has 0 atom stereocenters. The molecule has 0 saturated heterocycles. The Morgan fingerprint density at radius 1 is 0.938 bits per heavy atom. The average molecular weight is 441 g/mol. The van der Waals surface area contributed by atoms with E-state index in [0.717, 1.165) is 5.56 Å². The van der Waals surface area contributed by atoms with Gasteiger partial charge in [-0.25, -0.2) is 4.79 Å². The van der Waals surface area contributed by atoms with Crippen molar-refractivity contribution < 1.29 is 24.2 Å². The molecule has 2 aromatic carbocycles. The fraction of sp³-hybridized carbons (Fsp3) is 0.348. The summed E-state index contributed by atoms with van der Waals surface area (Å²) in [7, 11) is 3.32. The Labute approximate surface area is 187 Å². The van der Waals surface area contributed by atoms with Gasteiger partial charge in [-0.3, -0.25) is 9.59 Å². The number of likely N-dealkylation sites (N-methyl/N-ethyl adjacent to an activating group) is 2. The van der Waals surface area contributed by atoms with Gasteiger partial charge in [0.25, 0.3) is 0 Å². The van der Waals surface area contributed by atoms with Crippen LogP contribution in [0.2, 0.25) is 0 Å². The maximum absolute atomic E-state index is 12.1. The number of aromatic hydroxyl groups is 1. The molecular formula is C23H28N4O5. The molecule has 2 rings (SSSR count). The van der Waals surface area contributed by atoms with E-state index in [1.807, 2.05) is 0 Å². The molecule has 0 aromatic heterocycles. The van der Waals surface area contributed by atoms with Gasteiger partial charge in [-0.1, -0.05) is 19.1 Å². The summed E-state index contributed by atoms with van der Waals surface area (Å²) < 4.78 is 5.30. The van der Waals surface area contributed by atoms with E-state index in [-0.39, 0.29) is 29.6 Å². The highest BCUT2D eigenvalue weighted by molar-refractivity contribution is 5.97.